The van der Waals surface area contributed by atoms with Crippen LogP contribution in [0, 0.1) is 18.3 Å². The fourth-order valence-corrected chi connectivity index (χ4v) is 3.86. The molecule has 160 valence electrons. The van der Waals surface area contributed by atoms with Crippen molar-refractivity contribution in [3.63, 3.8) is 0 Å². The van der Waals surface area contributed by atoms with E-state index < -0.39 is 11.7 Å². The van der Waals surface area contributed by atoms with Crippen LogP contribution in [0.1, 0.15) is 22.3 Å². The van der Waals surface area contributed by atoms with Crippen LogP contribution < -0.4 is 4.74 Å². The molecule has 0 aliphatic rings. The first-order valence-electron chi connectivity index (χ1n) is 9.68. The molecule has 4 aromatic rings. The molecule has 0 bridgehead atoms. The molecule has 0 spiro atoms. The summed E-state index contributed by atoms with van der Waals surface area (Å²) < 4.78 is 45.5. The summed E-state index contributed by atoms with van der Waals surface area (Å²) >= 11 is 1.31. The van der Waals surface area contributed by atoms with Crippen molar-refractivity contribution in [1.82, 2.24) is 4.98 Å². The van der Waals surface area contributed by atoms with Crippen molar-refractivity contribution in [2.45, 2.75) is 19.7 Å². The number of aryl methyl sites for hydroxylation is 1. The third kappa shape index (κ3) is 4.66. The van der Waals surface area contributed by atoms with E-state index in [0.717, 1.165) is 34.4 Å². The number of thiazole rings is 1. The van der Waals surface area contributed by atoms with Gasteiger partial charge in [0.15, 0.2) is 0 Å². The molecule has 0 fully saturated rings. The van der Waals surface area contributed by atoms with Gasteiger partial charge in [-0.3, -0.25) is 0 Å². The van der Waals surface area contributed by atoms with Gasteiger partial charge in [-0.2, -0.15) is 18.4 Å². The Labute approximate surface area is 187 Å². The van der Waals surface area contributed by atoms with E-state index in [0.29, 0.717) is 22.6 Å². The molecule has 0 atom stereocenters. The predicted molar refractivity (Wildman–Crippen MR) is 118 cm³/mol. The minimum Gasteiger partial charge on any atom is -0.488 e. The fraction of sp³-hybridized carbons (Fsp3) is 0.120. The molecule has 4 rings (SSSR count). The van der Waals surface area contributed by atoms with E-state index in [1.54, 1.807) is 23.0 Å². The second-order valence-electron chi connectivity index (χ2n) is 7.20. The number of halogens is 3. The number of rotatable bonds is 5. The maximum absolute atomic E-state index is 13.2. The average Bonchev–Trinajstić information content (AvgIpc) is 3.32. The van der Waals surface area contributed by atoms with Crippen molar-refractivity contribution < 1.29 is 17.9 Å². The topological polar surface area (TPSA) is 45.9 Å². The second kappa shape index (κ2) is 8.85. The minimum atomic E-state index is -4.44. The van der Waals surface area contributed by atoms with Gasteiger partial charge in [0, 0.05) is 10.9 Å². The zero-order chi connectivity index (χ0) is 22.7. The van der Waals surface area contributed by atoms with Crippen molar-refractivity contribution in [2.24, 2.45) is 0 Å². The van der Waals surface area contributed by atoms with Crippen molar-refractivity contribution in [3.05, 3.63) is 93.8 Å². The number of ether oxygens (including phenoxy) is 1. The Morgan fingerprint density at radius 1 is 1.00 bits per heavy atom. The maximum atomic E-state index is 13.2. The second-order valence-corrected chi connectivity index (χ2v) is 7.92. The van der Waals surface area contributed by atoms with Gasteiger partial charge in [0.25, 0.3) is 0 Å². The molecule has 0 N–H and O–H groups in total. The van der Waals surface area contributed by atoms with Crippen LogP contribution in [0.2, 0.25) is 0 Å². The zero-order valence-corrected chi connectivity index (χ0v) is 17.8. The molecule has 0 aliphatic heterocycles. The van der Waals surface area contributed by atoms with Gasteiger partial charge in [0.1, 0.15) is 12.4 Å². The smallest absolute Gasteiger partial charge is 0.416 e. The van der Waals surface area contributed by atoms with Crippen LogP contribution in [0.15, 0.2) is 71.6 Å². The maximum Gasteiger partial charge on any atom is 0.416 e. The van der Waals surface area contributed by atoms with Gasteiger partial charge in [-0.25, -0.2) is 4.98 Å². The standard InChI is InChI=1S/C25H17F3N2OS/c1-16-10-19(18-4-2-17(12-29)3-5-18)6-7-20(16)13-31-24-9-8-21(25(26,27)28)11-22(24)23-14-32-15-30-23/h2-11,14-15H,13H2,1H3. The lowest BCUT2D eigenvalue weighted by atomic mass is 9.99. The number of benzene rings is 3. The van der Waals surface area contributed by atoms with E-state index >= 15 is 0 Å². The molecule has 0 radical (unpaired) electrons. The van der Waals surface area contributed by atoms with E-state index in [4.69, 9.17) is 10.00 Å². The normalized spacial score (nSPS) is 11.2. The van der Waals surface area contributed by atoms with Crippen LogP contribution in [0.3, 0.4) is 0 Å². The molecule has 0 saturated heterocycles. The van der Waals surface area contributed by atoms with Crippen LogP contribution in [-0.2, 0) is 12.8 Å². The van der Waals surface area contributed by atoms with E-state index in [1.165, 1.54) is 17.4 Å². The first-order chi connectivity index (χ1) is 15.3. The largest absolute Gasteiger partial charge is 0.488 e. The molecule has 1 aromatic heterocycles. The molecule has 3 nitrogen and oxygen atoms in total. The number of alkyl halides is 3. The quantitative estimate of drug-likeness (QED) is 0.322. The van der Waals surface area contributed by atoms with Crippen molar-refractivity contribution >= 4 is 11.3 Å². The molecule has 0 unspecified atom stereocenters. The number of hydrogen-bond acceptors (Lipinski definition) is 4. The molecule has 0 aliphatic carbocycles. The lowest BCUT2D eigenvalue weighted by molar-refractivity contribution is -0.137. The highest BCUT2D eigenvalue weighted by Gasteiger charge is 2.31. The number of hydrogen-bond donors (Lipinski definition) is 0. The first kappa shape index (κ1) is 21.6. The molecule has 1 heterocycles. The Morgan fingerprint density at radius 2 is 1.75 bits per heavy atom. The van der Waals surface area contributed by atoms with E-state index in [1.807, 2.05) is 37.3 Å². The summed E-state index contributed by atoms with van der Waals surface area (Å²) in [5.41, 5.74) is 6.11. The highest BCUT2D eigenvalue weighted by Crippen LogP contribution is 2.37. The Hall–Kier alpha value is -3.63. The van der Waals surface area contributed by atoms with Crippen LogP contribution in [0.4, 0.5) is 13.2 Å². The minimum absolute atomic E-state index is 0.210. The summed E-state index contributed by atoms with van der Waals surface area (Å²) in [5.74, 6) is 0.347. The fourth-order valence-electron chi connectivity index (χ4n) is 3.31. The van der Waals surface area contributed by atoms with Gasteiger partial charge in [0.2, 0.25) is 0 Å². The Balaban J connectivity index is 1.57. The predicted octanol–water partition coefficient (Wildman–Crippen LogP) is 7.26. The van der Waals surface area contributed by atoms with E-state index in [-0.39, 0.29) is 6.61 Å². The van der Waals surface area contributed by atoms with Crippen LogP contribution in [-0.4, -0.2) is 4.98 Å². The third-order valence-electron chi connectivity index (χ3n) is 5.09. The average molecular weight is 450 g/mol. The van der Waals surface area contributed by atoms with E-state index in [2.05, 4.69) is 11.1 Å². The Kier molecular flexibility index (Phi) is 5.97. The Bertz CT molecular complexity index is 1270. The molecule has 3 aromatic carbocycles. The van der Waals surface area contributed by atoms with Gasteiger partial charge in [-0.1, -0.05) is 30.3 Å². The molecule has 0 amide bonds. The highest BCUT2D eigenvalue weighted by atomic mass is 32.1. The summed E-state index contributed by atoms with van der Waals surface area (Å²) in [7, 11) is 0. The molecule has 7 heteroatoms. The molecular formula is C25H17F3N2OS. The zero-order valence-electron chi connectivity index (χ0n) is 17.0. The van der Waals surface area contributed by atoms with Gasteiger partial charge >= 0.3 is 6.18 Å². The number of aromatic nitrogens is 1. The summed E-state index contributed by atoms with van der Waals surface area (Å²) in [6.45, 7) is 2.17. The lowest BCUT2D eigenvalue weighted by Gasteiger charge is -2.15. The molecule has 0 saturated carbocycles. The number of nitrogens with zero attached hydrogens (tertiary/aromatic N) is 2. The number of nitriles is 1. The summed E-state index contributed by atoms with van der Waals surface area (Å²) in [6.07, 6.45) is -4.44. The van der Waals surface area contributed by atoms with Crippen molar-refractivity contribution in [3.8, 4) is 34.2 Å². The van der Waals surface area contributed by atoms with E-state index in [9.17, 15) is 13.2 Å². The van der Waals surface area contributed by atoms with Gasteiger partial charge in [-0.15, -0.1) is 11.3 Å². The summed E-state index contributed by atoms with van der Waals surface area (Å²) in [5, 5.41) is 10.6. The highest BCUT2D eigenvalue weighted by molar-refractivity contribution is 7.07. The summed E-state index contributed by atoms with van der Waals surface area (Å²) in [6, 6.07) is 18.8. The van der Waals surface area contributed by atoms with Gasteiger partial charge in [-0.05, 0) is 59.5 Å². The Morgan fingerprint density at radius 3 is 2.38 bits per heavy atom. The monoisotopic (exact) mass is 450 g/mol. The first-order valence-corrected chi connectivity index (χ1v) is 10.6. The lowest BCUT2D eigenvalue weighted by Crippen LogP contribution is -2.06. The third-order valence-corrected chi connectivity index (χ3v) is 5.67. The molecular weight excluding hydrogens is 433 g/mol. The van der Waals surface area contributed by atoms with Crippen molar-refractivity contribution in [2.75, 3.05) is 0 Å². The summed E-state index contributed by atoms with van der Waals surface area (Å²) in [4.78, 5) is 4.15. The van der Waals surface area contributed by atoms with Crippen molar-refractivity contribution in [1.29, 1.82) is 5.26 Å². The van der Waals surface area contributed by atoms with Crippen LogP contribution >= 0.6 is 11.3 Å². The molecule has 32 heavy (non-hydrogen) atoms. The van der Waals surface area contributed by atoms with Crippen LogP contribution in [0.5, 0.6) is 5.75 Å². The van der Waals surface area contributed by atoms with Gasteiger partial charge < -0.3 is 4.74 Å². The SMILES string of the molecule is Cc1cc(-c2ccc(C#N)cc2)ccc1COc1ccc(C(F)(F)F)cc1-c1cscn1. The van der Waals surface area contributed by atoms with Crippen LogP contribution in [0.25, 0.3) is 22.4 Å². The van der Waals surface area contributed by atoms with Gasteiger partial charge in [0.05, 0.1) is 28.4 Å².